The molecule has 0 atom stereocenters. The highest BCUT2D eigenvalue weighted by Gasteiger charge is 2.46. The van der Waals surface area contributed by atoms with Crippen molar-refractivity contribution in [2.75, 3.05) is 18.1 Å². The smallest absolute Gasteiger partial charge is 0.227 e. The van der Waals surface area contributed by atoms with E-state index in [1.54, 1.807) is 0 Å². The highest BCUT2D eigenvalue weighted by atomic mass is 16.5. The number of nitrogens with zero attached hydrogens (tertiary/aromatic N) is 2. The van der Waals surface area contributed by atoms with Gasteiger partial charge in [-0.25, -0.2) is 4.98 Å². The van der Waals surface area contributed by atoms with Crippen LogP contribution in [-0.4, -0.2) is 18.2 Å². The quantitative estimate of drug-likeness (QED) is 0.171. The van der Waals surface area contributed by atoms with Gasteiger partial charge in [-0.1, -0.05) is 110 Å². The van der Waals surface area contributed by atoms with Crippen molar-refractivity contribution < 1.29 is 13.9 Å². The molecule has 0 saturated heterocycles. The summed E-state index contributed by atoms with van der Waals surface area (Å²) in [4.78, 5) is 7.29. The molecule has 1 saturated carbocycles. The molecule has 1 spiro atoms. The fraction of sp³-hybridized carbons (Fsp3) is 0.157. The molecule has 0 N–H and O–H groups in total. The normalized spacial score (nSPS) is 15.2. The minimum Gasteiger partial charge on any atom is -0.491 e. The zero-order valence-electron chi connectivity index (χ0n) is 31.1. The first kappa shape index (κ1) is 33.0. The Morgan fingerprint density at radius 1 is 0.536 bits per heavy atom. The molecule has 0 radical (unpaired) electrons. The molecule has 1 aromatic heterocycles. The van der Waals surface area contributed by atoms with Crippen LogP contribution in [0.3, 0.4) is 0 Å². The van der Waals surface area contributed by atoms with Crippen LogP contribution in [0.15, 0.2) is 162 Å². The van der Waals surface area contributed by atoms with Gasteiger partial charge in [0.25, 0.3) is 0 Å². The molecular weight excluding hydrogens is 689 g/mol. The molecule has 3 aliphatic rings. The number of aromatic nitrogens is 1. The minimum atomic E-state index is -0.0434. The van der Waals surface area contributed by atoms with E-state index in [0.29, 0.717) is 25.7 Å². The number of hydrogen-bond donors (Lipinski definition) is 0. The van der Waals surface area contributed by atoms with Crippen LogP contribution < -0.4 is 9.64 Å². The summed E-state index contributed by atoms with van der Waals surface area (Å²) in [7, 11) is 0. The van der Waals surface area contributed by atoms with E-state index in [9.17, 15) is 0 Å². The van der Waals surface area contributed by atoms with Crippen molar-refractivity contribution in [1.82, 2.24) is 4.98 Å². The number of oxazole rings is 1. The number of fused-ring (bicyclic) bond motifs is 7. The van der Waals surface area contributed by atoms with Crippen molar-refractivity contribution in [3.63, 3.8) is 0 Å². The molecule has 56 heavy (non-hydrogen) atoms. The maximum absolute atomic E-state index is 6.31. The van der Waals surface area contributed by atoms with Crippen LogP contribution in [0.5, 0.6) is 5.75 Å². The fourth-order valence-electron chi connectivity index (χ4n) is 9.56. The lowest BCUT2D eigenvalue weighted by molar-refractivity contribution is 0.107. The molecule has 11 rings (SSSR count). The molecule has 2 aliphatic carbocycles. The molecule has 1 aliphatic heterocycles. The molecule has 5 heteroatoms. The third-order valence-electron chi connectivity index (χ3n) is 12.1. The minimum absolute atomic E-state index is 0.0434. The average molecular weight is 729 g/mol. The second-order valence-corrected chi connectivity index (χ2v) is 15.2. The van der Waals surface area contributed by atoms with Crippen molar-refractivity contribution in [2.45, 2.75) is 37.7 Å². The molecular formula is C51H40N2O3. The topological polar surface area (TPSA) is 47.7 Å². The van der Waals surface area contributed by atoms with Crippen molar-refractivity contribution in [3.05, 3.63) is 174 Å². The van der Waals surface area contributed by atoms with Crippen LogP contribution in [0.4, 0.5) is 17.1 Å². The predicted octanol–water partition coefficient (Wildman–Crippen LogP) is 13.0. The van der Waals surface area contributed by atoms with E-state index in [1.807, 2.05) is 24.3 Å². The van der Waals surface area contributed by atoms with Crippen molar-refractivity contribution >= 4 is 28.2 Å². The van der Waals surface area contributed by atoms with Gasteiger partial charge in [0.1, 0.15) is 17.9 Å². The molecule has 272 valence electrons. The van der Waals surface area contributed by atoms with E-state index in [1.165, 1.54) is 51.8 Å². The van der Waals surface area contributed by atoms with Gasteiger partial charge in [-0.3, -0.25) is 0 Å². The summed E-state index contributed by atoms with van der Waals surface area (Å²) in [6.07, 6.45) is 4.70. The third-order valence-corrected chi connectivity index (χ3v) is 12.1. The molecule has 8 aromatic rings. The summed E-state index contributed by atoms with van der Waals surface area (Å²) in [5.41, 5.74) is 17.1. The van der Waals surface area contributed by atoms with E-state index in [4.69, 9.17) is 18.9 Å². The first-order chi connectivity index (χ1) is 27.7. The molecule has 7 aromatic carbocycles. The SMILES string of the molecule is c1ccc(-c2ccc(N(c3cccc(-c4nc5ccccc5o4)c3)c3cc(-c4cccc5c4COCCO5)c4c(c3)C3(CCCC3)c3ccccc3-4)cc2)cc1. The van der Waals surface area contributed by atoms with Gasteiger partial charge in [0.2, 0.25) is 5.89 Å². The molecule has 2 heterocycles. The van der Waals surface area contributed by atoms with E-state index >= 15 is 0 Å². The Morgan fingerprint density at radius 3 is 2.16 bits per heavy atom. The standard InChI is InChI=1S/C51H40N2O3/c1-2-12-34(13-3-1)35-22-24-37(25-23-35)53(38-15-10-14-36(30-38)50-52-46-19-6-7-20-48(46)56-50)39-31-42(40-17-11-21-47-43(40)33-54-28-29-55-47)49-41-16-4-5-18-44(41)51(45(49)32-39)26-8-9-27-51/h1-7,10-25,30-32H,8-9,26-29,33H2. The van der Waals surface area contributed by atoms with Crippen LogP contribution in [-0.2, 0) is 16.8 Å². The Morgan fingerprint density at radius 2 is 1.29 bits per heavy atom. The summed E-state index contributed by atoms with van der Waals surface area (Å²) in [6, 6.07) is 56.6. The molecule has 5 nitrogen and oxygen atoms in total. The molecule has 0 amide bonds. The number of hydrogen-bond acceptors (Lipinski definition) is 5. The highest BCUT2D eigenvalue weighted by molar-refractivity contribution is 5.97. The zero-order valence-corrected chi connectivity index (χ0v) is 31.1. The van der Waals surface area contributed by atoms with Gasteiger partial charge in [0.15, 0.2) is 5.58 Å². The summed E-state index contributed by atoms with van der Waals surface area (Å²) < 4.78 is 18.8. The predicted molar refractivity (Wildman–Crippen MR) is 225 cm³/mol. The van der Waals surface area contributed by atoms with Gasteiger partial charge in [-0.15, -0.1) is 0 Å². The Bertz CT molecular complexity index is 2710. The van der Waals surface area contributed by atoms with Crippen LogP contribution in [0.2, 0.25) is 0 Å². The van der Waals surface area contributed by atoms with Crippen LogP contribution in [0, 0.1) is 0 Å². The van der Waals surface area contributed by atoms with E-state index in [-0.39, 0.29) is 5.41 Å². The summed E-state index contributed by atoms with van der Waals surface area (Å²) in [5.74, 6) is 1.51. The van der Waals surface area contributed by atoms with Gasteiger partial charge >= 0.3 is 0 Å². The second-order valence-electron chi connectivity index (χ2n) is 15.2. The number of rotatable bonds is 6. The third kappa shape index (κ3) is 5.37. The van der Waals surface area contributed by atoms with E-state index < -0.39 is 0 Å². The monoisotopic (exact) mass is 728 g/mol. The Hall–Kier alpha value is -6.43. The summed E-state index contributed by atoms with van der Waals surface area (Å²) >= 11 is 0. The maximum Gasteiger partial charge on any atom is 0.227 e. The molecule has 1 fully saturated rings. The number of ether oxygens (including phenoxy) is 2. The van der Waals surface area contributed by atoms with Crippen LogP contribution in [0.25, 0.3) is 55.9 Å². The van der Waals surface area contributed by atoms with Crippen molar-refractivity contribution in [2.24, 2.45) is 0 Å². The van der Waals surface area contributed by atoms with Crippen LogP contribution >= 0.6 is 0 Å². The van der Waals surface area contributed by atoms with Gasteiger partial charge in [-0.05, 0) is 118 Å². The lowest BCUT2D eigenvalue weighted by atomic mass is 9.76. The Balaban J connectivity index is 1.16. The lowest BCUT2D eigenvalue weighted by Crippen LogP contribution is -2.21. The van der Waals surface area contributed by atoms with Crippen LogP contribution in [0.1, 0.15) is 42.4 Å². The zero-order chi connectivity index (χ0) is 37.1. The highest BCUT2D eigenvalue weighted by Crippen LogP contribution is 2.60. The summed E-state index contributed by atoms with van der Waals surface area (Å²) in [6.45, 7) is 1.62. The maximum atomic E-state index is 6.31. The Kier molecular flexibility index (Phi) is 7.88. The fourth-order valence-corrected chi connectivity index (χ4v) is 9.56. The lowest BCUT2D eigenvalue weighted by Gasteiger charge is -2.31. The molecule has 0 unspecified atom stereocenters. The first-order valence-corrected chi connectivity index (χ1v) is 19.8. The van der Waals surface area contributed by atoms with E-state index in [0.717, 1.165) is 63.4 Å². The Labute approximate surface area is 326 Å². The first-order valence-electron chi connectivity index (χ1n) is 19.8. The average Bonchev–Trinajstić information content (AvgIpc) is 3.94. The largest absolute Gasteiger partial charge is 0.491 e. The van der Waals surface area contributed by atoms with Gasteiger partial charge in [0.05, 0.1) is 13.2 Å². The van der Waals surface area contributed by atoms with Gasteiger partial charge in [0, 0.05) is 33.6 Å². The summed E-state index contributed by atoms with van der Waals surface area (Å²) in [5, 5.41) is 0. The van der Waals surface area contributed by atoms with Crippen molar-refractivity contribution in [3.8, 4) is 50.6 Å². The second kappa shape index (κ2) is 13.4. The van der Waals surface area contributed by atoms with Gasteiger partial charge in [-0.2, -0.15) is 0 Å². The number of para-hydroxylation sites is 2. The molecule has 0 bridgehead atoms. The van der Waals surface area contributed by atoms with E-state index in [2.05, 4.69) is 138 Å². The number of benzene rings is 7. The number of anilines is 3. The van der Waals surface area contributed by atoms with Gasteiger partial charge < -0.3 is 18.8 Å². The van der Waals surface area contributed by atoms with Crippen molar-refractivity contribution in [1.29, 1.82) is 0 Å².